The summed E-state index contributed by atoms with van der Waals surface area (Å²) in [7, 11) is 0. The summed E-state index contributed by atoms with van der Waals surface area (Å²) >= 11 is 8.98. The predicted molar refractivity (Wildman–Crippen MR) is 78.3 cm³/mol. The average molecular weight is 345 g/mol. The molecule has 2 aromatic carbocycles. The Bertz CT molecular complexity index is 619. The van der Waals surface area contributed by atoms with E-state index in [4.69, 9.17) is 22.1 Å². The van der Waals surface area contributed by atoms with Crippen molar-refractivity contribution in [3.63, 3.8) is 0 Å². The van der Waals surface area contributed by atoms with Gasteiger partial charge >= 0.3 is 0 Å². The molecule has 2 aromatic rings. The van der Waals surface area contributed by atoms with Crippen LogP contribution in [0, 0.1) is 12.7 Å². The normalized spacial score (nSPS) is 10.6. The van der Waals surface area contributed by atoms with Crippen LogP contribution in [0.4, 0.5) is 4.39 Å². The van der Waals surface area contributed by atoms with Crippen molar-refractivity contribution in [1.29, 1.82) is 0 Å². The van der Waals surface area contributed by atoms with E-state index in [1.807, 2.05) is 25.1 Å². The van der Waals surface area contributed by atoms with E-state index in [0.29, 0.717) is 22.5 Å². The van der Waals surface area contributed by atoms with E-state index in [0.717, 1.165) is 11.1 Å². The molecule has 5 heteroatoms. The first-order valence-corrected chi connectivity index (χ1v) is 6.80. The molecular weight excluding hydrogens is 333 g/mol. The Morgan fingerprint density at radius 3 is 2.68 bits per heavy atom. The Hall–Kier alpha value is -1.10. The second-order valence-corrected chi connectivity index (χ2v) is 5.38. The minimum atomic E-state index is -0.527. The van der Waals surface area contributed by atoms with Crippen molar-refractivity contribution < 1.29 is 9.13 Å². The van der Waals surface area contributed by atoms with Crippen molar-refractivity contribution in [3.8, 4) is 11.5 Å². The monoisotopic (exact) mass is 343 g/mol. The molecule has 0 amide bonds. The molecule has 19 heavy (non-hydrogen) atoms. The van der Waals surface area contributed by atoms with Crippen molar-refractivity contribution in [2.45, 2.75) is 13.5 Å². The number of rotatable bonds is 3. The van der Waals surface area contributed by atoms with E-state index >= 15 is 0 Å². The highest BCUT2D eigenvalue weighted by Gasteiger charge is 2.11. The second-order valence-electron chi connectivity index (χ2n) is 4.11. The van der Waals surface area contributed by atoms with Gasteiger partial charge in [-0.25, -0.2) is 4.39 Å². The molecule has 0 fully saturated rings. The minimum absolute atomic E-state index is 0.0437. The molecule has 2 nitrogen and oxygen atoms in total. The first-order valence-electron chi connectivity index (χ1n) is 5.63. The molecule has 0 spiro atoms. The van der Waals surface area contributed by atoms with Gasteiger partial charge < -0.3 is 10.5 Å². The van der Waals surface area contributed by atoms with Gasteiger partial charge in [0.1, 0.15) is 17.3 Å². The fourth-order valence-electron chi connectivity index (χ4n) is 1.67. The summed E-state index contributed by atoms with van der Waals surface area (Å²) in [5.41, 5.74) is 7.63. The number of hydrogen-bond acceptors (Lipinski definition) is 2. The van der Waals surface area contributed by atoms with Gasteiger partial charge in [0.15, 0.2) is 0 Å². The van der Waals surface area contributed by atoms with Crippen LogP contribution in [0.3, 0.4) is 0 Å². The van der Waals surface area contributed by atoms with Gasteiger partial charge in [-0.2, -0.15) is 0 Å². The Morgan fingerprint density at radius 1 is 1.26 bits per heavy atom. The molecule has 0 saturated carbocycles. The molecule has 2 rings (SSSR count). The largest absolute Gasteiger partial charge is 0.456 e. The van der Waals surface area contributed by atoms with Crippen molar-refractivity contribution in [2.75, 3.05) is 0 Å². The molecule has 0 aliphatic rings. The molecule has 100 valence electrons. The van der Waals surface area contributed by atoms with Gasteiger partial charge in [-0.3, -0.25) is 0 Å². The Labute approximate surface area is 124 Å². The van der Waals surface area contributed by atoms with Gasteiger partial charge in [-0.15, -0.1) is 0 Å². The summed E-state index contributed by atoms with van der Waals surface area (Å²) in [4.78, 5) is 0. The van der Waals surface area contributed by atoms with E-state index in [9.17, 15) is 4.39 Å². The van der Waals surface area contributed by atoms with Gasteiger partial charge in [-0.05, 0) is 35.0 Å². The molecule has 0 aliphatic carbocycles. The number of halogens is 3. The van der Waals surface area contributed by atoms with E-state index in [1.54, 1.807) is 0 Å². The molecule has 0 aliphatic heterocycles. The van der Waals surface area contributed by atoms with Crippen LogP contribution < -0.4 is 10.5 Å². The van der Waals surface area contributed by atoms with E-state index in [2.05, 4.69) is 15.9 Å². The lowest BCUT2D eigenvalue weighted by Gasteiger charge is -2.12. The molecule has 0 saturated heterocycles. The fourth-order valence-corrected chi connectivity index (χ4v) is 2.39. The predicted octanol–water partition coefficient (Wildman–Crippen LogP) is 4.80. The molecule has 0 heterocycles. The van der Waals surface area contributed by atoms with Gasteiger partial charge in [0, 0.05) is 18.2 Å². The van der Waals surface area contributed by atoms with E-state index in [-0.39, 0.29) is 5.02 Å². The summed E-state index contributed by atoms with van der Waals surface area (Å²) in [6.07, 6.45) is 0. The zero-order valence-corrected chi connectivity index (χ0v) is 12.6. The average Bonchev–Trinajstić information content (AvgIpc) is 2.37. The minimum Gasteiger partial charge on any atom is -0.456 e. The van der Waals surface area contributed by atoms with E-state index in [1.165, 1.54) is 12.1 Å². The highest BCUT2D eigenvalue weighted by Crippen LogP contribution is 2.35. The fraction of sp³-hybridized carbons (Fsp3) is 0.143. The van der Waals surface area contributed by atoms with Crippen LogP contribution in [-0.4, -0.2) is 0 Å². The molecule has 0 aromatic heterocycles. The maximum Gasteiger partial charge on any atom is 0.145 e. The third-order valence-electron chi connectivity index (χ3n) is 2.63. The van der Waals surface area contributed by atoms with Gasteiger partial charge in [-0.1, -0.05) is 29.3 Å². The molecule has 0 unspecified atom stereocenters. The van der Waals surface area contributed by atoms with Crippen LogP contribution in [0.2, 0.25) is 5.02 Å². The van der Waals surface area contributed by atoms with Crippen molar-refractivity contribution >= 4 is 27.5 Å². The first kappa shape index (κ1) is 14.3. The first-order chi connectivity index (χ1) is 9.01. The number of benzene rings is 2. The highest BCUT2D eigenvalue weighted by atomic mass is 79.9. The number of nitrogens with two attached hydrogens (primary N) is 1. The Morgan fingerprint density at radius 2 is 2.00 bits per heavy atom. The third kappa shape index (κ3) is 3.26. The van der Waals surface area contributed by atoms with Crippen LogP contribution >= 0.6 is 27.5 Å². The lowest BCUT2D eigenvalue weighted by Crippen LogP contribution is -2.00. The van der Waals surface area contributed by atoms with E-state index < -0.39 is 5.82 Å². The van der Waals surface area contributed by atoms with Crippen molar-refractivity contribution in [2.24, 2.45) is 5.73 Å². The molecule has 0 atom stereocenters. The third-order valence-corrected chi connectivity index (χ3v) is 3.54. The van der Waals surface area contributed by atoms with Crippen LogP contribution in [0.15, 0.2) is 34.8 Å². The molecular formula is C14H12BrClFNO. The lowest BCUT2D eigenvalue weighted by atomic mass is 10.1. The summed E-state index contributed by atoms with van der Waals surface area (Å²) in [6, 6.07) is 8.37. The van der Waals surface area contributed by atoms with Crippen molar-refractivity contribution in [1.82, 2.24) is 0 Å². The molecule has 0 radical (unpaired) electrons. The van der Waals surface area contributed by atoms with Crippen LogP contribution in [-0.2, 0) is 6.54 Å². The zero-order valence-electron chi connectivity index (χ0n) is 10.2. The van der Waals surface area contributed by atoms with Crippen LogP contribution in [0.1, 0.15) is 11.1 Å². The topological polar surface area (TPSA) is 35.2 Å². The van der Waals surface area contributed by atoms with Gasteiger partial charge in [0.05, 0.1) is 9.50 Å². The summed E-state index contributed by atoms with van der Waals surface area (Å²) < 4.78 is 19.7. The summed E-state index contributed by atoms with van der Waals surface area (Å²) in [5.74, 6) is 0.442. The summed E-state index contributed by atoms with van der Waals surface area (Å²) in [5, 5.41) is 0.0437. The molecule has 2 N–H and O–H groups in total. The van der Waals surface area contributed by atoms with Crippen molar-refractivity contribution in [3.05, 3.63) is 56.8 Å². The second kappa shape index (κ2) is 5.90. The van der Waals surface area contributed by atoms with Crippen LogP contribution in [0.25, 0.3) is 0 Å². The van der Waals surface area contributed by atoms with Crippen LogP contribution in [0.5, 0.6) is 11.5 Å². The zero-order chi connectivity index (χ0) is 14.0. The Balaban J connectivity index is 2.39. The molecule has 0 bridgehead atoms. The number of ether oxygens (including phenoxy) is 1. The maximum absolute atomic E-state index is 13.5. The lowest BCUT2D eigenvalue weighted by molar-refractivity contribution is 0.468. The highest BCUT2D eigenvalue weighted by molar-refractivity contribution is 9.10. The van der Waals surface area contributed by atoms with Gasteiger partial charge in [0.2, 0.25) is 0 Å². The Kier molecular flexibility index (Phi) is 4.45. The smallest absolute Gasteiger partial charge is 0.145 e. The standard InChI is InChI=1S/C14H12BrClFNO/c1-8-2-3-13(9(4-8)7-18)19-14-6-12(17)11(16)5-10(14)15/h2-6H,7,18H2,1H3. The number of hydrogen-bond donors (Lipinski definition) is 1. The maximum atomic E-state index is 13.5. The SMILES string of the molecule is Cc1ccc(Oc2cc(F)c(Cl)cc2Br)c(CN)c1. The summed E-state index contributed by atoms with van der Waals surface area (Å²) in [6.45, 7) is 2.32. The van der Waals surface area contributed by atoms with Gasteiger partial charge in [0.25, 0.3) is 0 Å². The number of aryl methyl sites for hydroxylation is 1. The quantitative estimate of drug-likeness (QED) is 0.812.